The number of hydrogen-bond donors (Lipinski definition) is 2. The van der Waals surface area contributed by atoms with Crippen molar-refractivity contribution < 1.29 is 23.1 Å². The van der Waals surface area contributed by atoms with E-state index in [0.29, 0.717) is 16.5 Å². The largest absolute Gasteiger partial charge is 0.495 e. The van der Waals surface area contributed by atoms with Crippen molar-refractivity contribution in [3.05, 3.63) is 58.4 Å². The molecule has 0 atom stereocenters. The van der Waals surface area contributed by atoms with Gasteiger partial charge in [0, 0.05) is 16.0 Å². The number of hydrogen-bond acceptors (Lipinski definition) is 6. The van der Waals surface area contributed by atoms with Gasteiger partial charge >= 0.3 is 0 Å². The maximum absolute atomic E-state index is 13.9. The number of carbonyl (C=O) groups excluding carboxylic acids is 2. The molecule has 0 radical (unpaired) electrons. The van der Waals surface area contributed by atoms with Crippen LogP contribution in [0.15, 0.2) is 41.8 Å². The molecule has 0 bridgehead atoms. The predicted molar refractivity (Wildman–Crippen MR) is 120 cm³/mol. The van der Waals surface area contributed by atoms with Crippen molar-refractivity contribution in [2.75, 3.05) is 37.9 Å². The zero-order valence-corrected chi connectivity index (χ0v) is 18.7. The van der Waals surface area contributed by atoms with Crippen molar-refractivity contribution >= 4 is 45.6 Å². The van der Waals surface area contributed by atoms with Crippen molar-refractivity contribution in [3.63, 3.8) is 0 Å². The second kappa shape index (κ2) is 10.5. The molecule has 2 aromatic carbocycles. The van der Waals surface area contributed by atoms with Gasteiger partial charge in [-0.05, 0) is 43.4 Å². The number of nitrogens with one attached hydrogen (secondary N) is 2. The highest BCUT2D eigenvalue weighted by Gasteiger charge is 2.15. The van der Waals surface area contributed by atoms with Crippen molar-refractivity contribution in [2.24, 2.45) is 0 Å². The number of methoxy groups -OCH3 is 1. The third-order valence-electron chi connectivity index (χ3n) is 4.22. The lowest BCUT2D eigenvalue weighted by molar-refractivity contribution is -0.119. The maximum Gasteiger partial charge on any atom is 0.240 e. The Labute approximate surface area is 192 Å². The van der Waals surface area contributed by atoms with E-state index in [4.69, 9.17) is 16.3 Å². The first-order valence-electron chi connectivity index (χ1n) is 9.28. The van der Waals surface area contributed by atoms with Crippen molar-refractivity contribution in [2.45, 2.75) is 0 Å². The van der Waals surface area contributed by atoms with Crippen LogP contribution in [0.25, 0.3) is 11.3 Å². The summed E-state index contributed by atoms with van der Waals surface area (Å²) < 4.78 is 32.5. The average Bonchev–Trinajstić information content (AvgIpc) is 3.17. The van der Waals surface area contributed by atoms with E-state index in [1.807, 2.05) is 0 Å². The van der Waals surface area contributed by atoms with Gasteiger partial charge in [0.25, 0.3) is 0 Å². The summed E-state index contributed by atoms with van der Waals surface area (Å²) in [4.78, 5) is 30.2. The fourth-order valence-corrected chi connectivity index (χ4v) is 3.72. The fraction of sp³-hybridized carbons (Fsp3) is 0.190. The molecule has 32 heavy (non-hydrogen) atoms. The number of thiazole rings is 1. The summed E-state index contributed by atoms with van der Waals surface area (Å²) in [5, 5.41) is 7.46. The maximum atomic E-state index is 13.9. The molecule has 1 heterocycles. The summed E-state index contributed by atoms with van der Waals surface area (Å²) >= 11 is 7.03. The molecule has 0 saturated carbocycles. The Kier molecular flexibility index (Phi) is 7.73. The van der Waals surface area contributed by atoms with E-state index in [1.165, 1.54) is 17.4 Å². The first-order valence-corrected chi connectivity index (χ1v) is 10.5. The third kappa shape index (κ3) is 6.22. The number of nitrogens with zero attached hydrogens (tertiary/aromatic N) is 2. The molecule has 2 N–H and O–H groups in total. The van der Waals surface area contributed by atoms with Gasteiger partial charge < -0.3 is 15.4 Å². The van der Waals surface area contributed by atoms with Gasteiger partial charge in [-0.2, -0.15) is 0 Å². The molecule has 0 fully saturated rings. The zero-order chi connectivity index (χ0) is 23.3. The highest BCUT2D eigenvalue weighted by atomic mass is 35.5. The van der Waals surface area contributed by atoms with E-state index in [1.54, 1.807) is 25.2 Å². The molecule has 0 unspecified atom stereocenters. The van der Waals surface area contributed by atoms with Crippen LogP contribution in [0, 0.1) is 11.6 Å². The van der Waals surface area contributed by atoms with E-state index >= 15 is 0 Å². The highest BCUT2D eigenvalue weighted by Crippen LogP contribution is 2.28. The molecule has 1 aromatic heterocycles. The number of halogens is 3. The lowest BCUT2D eigenvalue weighted by Crippen LogP contribution is -2.36. The summed E-state index contributed by atoms with van der Waals surface area (Å²) in [7, 11) is 3.08. The average molecular weight is 481 g/mol. The van der Waals surface area contributed by atoms with E-state index in [0.717, 1.165) is 29.5 Å². The molecule has 2 amide bonds. The Morgan fingerprint density at radius 2 is 1.84 bits per heavy atom. The van der Waals surface area contributed by atoms with Gasteiger partial charge in [-0.3, -0.25) is 14.5 Å². The van der Waals surface area contributed by atoms with Crippen molar-refractivity contribution in [1.82, 2.24) is 9.88 Å². The summed E-state index contributed by atoms with van der Waals surface area (Å²) in [5.41, 5.74) is 0.639. The number of amides is 2. The van der Waals surface area contributed by atoms with E-state index in [2.05, 4.69) is 15.6 Å². The van der Waals surface area contributed by atoms with Gasteiger partial charge in [0.1, 0.15) is 17.4 Å². The Hall–Kier alpha value is -3.08. The molecule has 0 aliphatic carbocycles. The van der Waals surface area contributed by atoms with Crippen LogP contribution >= 0.6 is 22.9 Å². The summed E-state index contributed by atoms with van der Waals surface area (Å²) in [6.45, 7) is -0.163. The van der Waals surface area contributed by atoms with Crippen LogP contribution in [-0.4, -0.2) is 48.9 Å². The molecule has 0 saturated heterocycles. The molecular weight excluding hydrogens is 462 g/mol. The monoisotopic (exact) mass is 480 g/mol. The van der Waals surface area contributed by atoms with E-state index in [9.17, 15) is 18.4 Å². The van der Waals surface area contributed by atoms with Crippen LogP contribution in [0.3, 0.4) is 0 Å². The number of likely N-dealkylation sites (N-methyl/N-ethyl adjacent to an activating group) is 1. The Morgan fingerprint density at radius 3 is 2.56 bits per heavy atom. The van der Waals surface area contributed by atoms with Crippen molar-refractivity contribution in [1.29, 1.82) is 0 Å². The quantitative estimate of drug-likeness (QED) is 0.503. The van der Waals surface area contributed by atoms with Crippen LogP contribution in [-0.2, 0) is 9.59 Å². The molecule has 3 rings (SSSR count). The molecule has 0 aliphatic heterocycles. The van der Waals surface area contributed by atoms with Gasteiger partial charge in [-0.1, -0.05) is 11.6 Å². The summed E-state index contributed by atoms with van der Waals surface area (Å²) in [6.07, 6.45) is 0. The Balaban J connectivity index is 1.54. The summed E-state index contributed by atoms with van der Waals surface area (Å²) in [6, 6.07) is 7.90. The van der Waals surface area contributed by atoms with Crippen molar-refractivity contribution in [3.8, 4) is 17.0 Å². The normalized spacial score (nSPS) is 10.8. The predicted octanol–water partition coefficient (Wildman–Crippen LogP) is 4.26. The molecule has 0 spiro atoms. The topological polar surface area (TPSA) is 83.6 Å². The number of rotatable bonds is 8. The molecule has 3 aromatic rings. The number of benzene rings is 2. The van der Waals surface area contributed by atoms with E-state index < -0.39 is 17.5 Å². The minimum Gasteiger partial charge on any atom is -0.495 e. The van der Waals surface area contributed by atoms with Gasteiger partial charge in [-0.25, -0.2) is 13.8 Å². The minimum atomic E-state index is -0.614. The first-order chi connectivity index (χ1) is 15.2. The smallest absolute Gasteiger partial charge is 0.240 e. The fourth-order valence-electron chi connectivity index (χ4n) is 2.82. The number of carbonyl (C=O) groups is 2. The molecule has 168 valence electrons. The lowest BCUT2D eigenvalue weighted by Gasteiger charge is -2.16. The Bertz CT molecular complexity index is 1140. The molecular formula is C21H19ClF2N4O3S. The zero-order valence-electron chi connectivity index (χ0n) is 17.1. The summed E-state index contributed by atoms with van der Waals surface area (Å²) in [5.74, 6) is -1.52. The van der Waals surface area contributed by atoms with Crippen LogP contribution in [0.4, 0.5) is 19.6 Å². The number of ether oxygens (including phenoxy) is 1. The second-order valence-electron chi connectivity index (χ2n) is 6.78. The minimum absolute atomic E-state index is 0.00646. The van der Waals surface area contributed by atoms with E-state index in [-0.39, 0.29) is 35.4 Å². The lowest BCUT2D eigenvalue weighted by atomic mass is 10.1. The second-order valence-corrected chi connectivity index (χ2v) is 8.07. The molecule has 11 heteroatoms. The molecule has 7 nitrogen and oxygen atoms in total. The van der Waals surface area contributed by atoms with Gasteiger partial charge in [-0.15, -0.1) is 11.3 Å². The SMILES string of the molecule is COc1ccc(Cl)cc1NC(=O)CN(C)CC(=O)Nc1nc(-c2cc(F)ccc2F)cs1. The third-order valence-corrected chi connectivity index (χ3v) is 5.21. The van der Waals surface area contributed by atoms with Gasteiger partial charge in [0.2, 0.25) is 11.8 Å². The van der Waals surface area contributed by atoms with Gasteiger partial charge in [0.15, 0.2) is 5.13 Å². The van der Waals surface area contributed by atoms with Crippen LogP contribution in [0.2, 0.25) is 5.02 Å². The first kappa shape index (κ1) is 23.6. The van der Waals surface area contributed by atoms with Crippen LogP contribution in [0.1, 0.15) is 0 Å². The van der Waals surface area contributed by atoms with Crippen LogP contribution in [0.5, 0.6) is 5.75 Å². The Morgan fingerprint density at radius 1 is 1.12 bits per heavy atom. The van der Waals surface area contributed by atoms with Crippen LogP contribution < -0.4 is 15.4 Å². The number of anilines is 2. The highest BCUT2D eigenvalue weighted by molar-refractivity contribution is 7.14. The standard InChI is InChI=1S/C21H19ClF2N4O3S/c1-28(9-19(29)25-16-7-12(22)3-6-18(16)31-2)10-20(30)27-21-26-17(11-32-21)14-8-13(23)4-5-15(14)24/h3-8,11H,9-10H2,1-2H3,(H,25,29)(H,26,27,30). The number of aromatic nitrogens is 1. The molecule has 0 aliphatic rings. The van der Waals surface area contributed by atoms with Gasteiger partial charge in [0.05, 0.1) is 31.6 Å².